The predicted octanol–water partition coefficient (Wildman–Crippen LogP) is 3.32. The van der Waals surface area contributed by atoms with E-state index in [0.717, 1.165) is 0 Å². The molecule has 1 aromatic rings. The van der Waals surface area contributed by atoms with Crippen LogP contribution < -0.4 is 0 Å². The Bertz CT molecular complexity index is 359. The van der Waals surface area contributed by atoms with Crippen LogP contribution in [0.25, 0.3) is 0 Å². The van der Waals surface area contributed by atoms with E-state index in [1.165, 1.54) is 24.3 Å². The summed E-state index contributed by atoms with van der Waals surface area (Å²) in [5.41, 5.74) is -3.57. The molecule has 0 atom stereocenters. The molecule has 6 heteroatoms. The Morgan fingerprint density at radius 1 is 1.25 bits per heavy atom. The highest BCUT2D eigenvalue weighted by molar-refractivity contribution is 8.00. The number of aryl methyl sites for hydroxylation is 1. The summed E-state index contributed by atoms with van der Waals surface area (Å²) in [5.74, 6) is -0.922. The van der Waals surface area contributed by atoms with Crippen molar-refractivity contribution in [1.29, 1.82) is 0 Å². The standard InChI is InChI=1S/C10H9F3O2S/c11-10(12,13)16-8-4-1-7(2-5-8)3-6-9(14)15/h1-2,4-5H,3,6H2,(H,14,15). The minimum Gasteiger partial charge on any atom is -0.481 e. The first-order valence-electron chi connectivity index (χ1n) is 4.43. The molecule has 0 spiro atoms. The van der Waals surface area contributed by atoms with Crippen LogP contribution in [-0.4, -0.2) is 16.6 Å². The molecule has 0 saturated carbocycles. The first-order chi connectivity index (χ1) is 7.37. The number of carbonyl (C=O) groups is 1. The van der Waals surface area contributed by atoms with Crippen molar-refractivity contribution in [2.75, 3.05) is 0 Å². The molecule has 1 aromatic carbocycles. The summed E-state index contributed by atoms with van der Waals surface area (Å²) in [6, 6.07) is 5.71. The fourth-order valence-corrected chi connectivity index (χ4v) is 1.65. The number of rotatable bonds is 4. The Morgan fingerprint density at radius 2 is 1.81 bits per heavy atom. The molecule has 0 bridgehead atoms. The minimum atomic E-state index is -4.29. The number of thioether (sulfide) groups is 1. The van der Waals surface area contributed by atoms with E-state index in [9.17, 15) is 18.0 Å². The predicted molar refractivity (Wildman–Crippen MR) is 54.3 cm³/mol. The van der Waals surface area contributed by atoms with Gasteiger partial charge < -0.3 is 5.11 Å². The zero-order valence-corrected chi connectivity index (χ0v) is 8.94. The molecule has 0 aromatic heterocycles. The van der Waals surface area contributed by atoms with Crippen LogP contribution in [0.4, 0.5) is 13.2 Å². The van der Waals surface area contributed by atoms with Gasteiger partial charge >= 0.3 is 11.5 Å². The summed E-state index contributed by atoms with van der Waals surface area (Å²) in [6.07, 6.45) is 0.304. The molecule has 16 heavy (non-hydrogen) atoms. The zero-order chi connectivity index (χ0) is 12.2. The van der Waals surface area contributed by atoms with Gasteiger partial charge in [-0.15, -0.1) is 0 Å². The van der Waals surface area contributed by atoms with Crippen LogP contribution in [0, 0.1) is 0 Å². The van der Waals surface area contributed by atoms with E-state index in [1.807, 2.05) is 0 Å². The fourth-order valence-electron chi connectivity index (χ4n) is 1.11. The second-order valence-electron chi connectivity index (χ2n) is 3.09. The van der Waals surface area contributed by atoms with Crippen molar-refractivity contribution in [3.05, 3.63) is 29.8 Å². The van der Waals surface area contributed by atoms with Crippen LogP contribution >= 0.6 is 11.8 Å². The average molecular weight is 250 g/mol. The van der Waals surface area contributed by atoms with Gasteiger partial charge in [0.15, 0.2) is 0 Å². The maximum absolute atomic E-state index is 12.0. The highest BCUT2D eigenvalue weighted by atomic mass is 32.2. The molecule has 0 aliphatic heterocycles. The number of benzene rings is 1. The quantitative estimate of drug-likeness (QED) is 0.833. The monoisotopic (exact) mass is 250 g/mol. The van der Waals surface area contributed by atoms with Crippen molar-refractivity contribution in [1.82, 2.24) is 0 Å². The van der Waals surface area contributed by atoms with Crippen LogP contribution in [0.1, 0.15) is 12.0 Å². The van der Waals surface area contributed by atoms with E-state index < -0.39 is 11.5 Å². The summed E-state index contributed by atoms with van der Waals surface area (Å²) in [7, 11) is 0. The Hall–Kier alpha value is -1.17. The van der Waals surface area contributed by atoms with Gasteiger partial charge in [-0.2, -0.15) is 13.2 Å². The molecule has 1 rings (SSSR count). The summed E-state index contributed by atoms with van der Waals surface area (Å²) in [6.45, 7) is 0. The van der Waals surface area contributed by atoms with E-state index in [1.54, 1.807) is 0 Å². The second kappa shape index (κ2) is 5.25. The van der Waals surface area contributed by atoms with Gasteiger partial charge in [0.1, 0.15) is 0 Å². The Kier molecular flexibility index (Phi) is 4.23. The van der Waals surface area contributed by atoms with Gasteiger partial charge in [0.05, 0.1) is 0 Å². The highest BCUT2D eigenvalue weighted by Crippen LogP contribution is 2.36. The smallest absolute Gasteiger partial charge is 0.446 e. The Balaban J connectivity index is 2.57. The van der Waals surface area contributed by atoms with Gasteiger partial charge in [0, 0.05) is 11.3 Å². The van der Waals surface area contributed by atoms with E-state index in [0.29, 0.717) is 12.0 Å². The number of carboxylic acid groups (broad SMARTS) is 1. The van der Waals surface area contributed by atoms with Gasteiger partial charge in [-0.3, -0.25) is 4.79 Å². The molecule has 0 saturated heterocycles. The van der Waals surface area contributed by atoms with Crippen LogP contribution in [0.5, 0.6) is 0 Å². The number of hydrogen-bond donors (Lipinski definition) is 1. The summed E-state index contributed by atoms with van der Waals surface area (Å²) < 4.78 is 35.9. The van der Waals surface area contributed by atoms with Crippen LogP contribution in [0.15, 0.2) is 29.2 Å². The fraction of sp³-hybridized carbons (Fsp3) is 0.300. The lowest BCUT2D eigenvalue weighted by Crippen LogP contribution is -1.99. The Labute approximate surface area is 94.5 Å². The molecule has 0 radical (unpaired) electrons. The van der Waals surface area contributed by atoms with Crippen molar-refractivity contribution < 1.29 is 23.1 Å². The Morgan fingerprint density at radius 3 is 2.25 bits per heavy atom. The molecule has 88 valence electrons. The number of hydrogen-bond acceptors (Lipinski definition) is 2. The van der Waals surface area contributed by atoms with Gasteiger partial charge in [-0.1, -0.05) is 12.1 Å². The number of halogens is 3. The largest absolute Gasteiger partial charge is 0.481 e. The van der Waals surface area contributed by atoms with Crippen LogP contribution in [0.3, 0.4) is 0 Å². The highest BCUT2D eigenvalue weighted by Gasteiger charge is 2.28. The van der Waals surface area contributed by atoms with Crippen LogP contribution in [0.2, 0.25) is 0 Å². The maximum atomic E-state index is 12.0. The summed E-state index contributed by atoms with van der Waals surface area (Å²) in [4.78, 5) is 10.4. The summed E-state index contributed by atoms with van der Waals surface area (Å²) >= 11 is -0.182. The van der Waals surface area contributed by atoms with Gasteiger partial charge in [0.25, 0.3) is 0 Å². The van der Waals surface area contributed by atoms with E-state index in [2.05, 4.69) is 0 Å². The van der Waals surface area contributed by atoms with E-state index in [-0.39, 0.29) is 23.1 Å². The van der Waals surface area contributed by atoms with Crippen molar-refractivity contribution >= 4 is 17.7 Å². The SMILES string of the molecule is O=C(O)CCc1ccc(SC(F)(F)F)cc1. The molecular formula is C10H9F3O2S. The van der Waals surface area contributed by atoms with Gasteiger partial charge in [0.2, 0.25) is 0 Å². The molecular weight excluding hydrogens is 241 g/mol. The third kappa shape index (κ3) is 5.06. The van der Waals surface area contributed by atoms with Crippen molar-refractivity contribution in [3.63, 3.8) is 0 Å². The van der Waals surface area contributed by atoms with Gasteiger partial charge in [-0.05, 0) is 35.9 Å². The normalized spacial score (nSPS) is 11.4. The zero-order valence-electron chi connectivity index (χ0n) is 8.12. The second-order valence-corrected chi connectivity index (χ2v) is 4.22. The first-order valence-corrected chi connectivity index (χ1v) is 5.25. The number of aliphatic carboxylic acids is 1. The lowest BCUT2D eigenvalue weighted by molar-refractivity contribution is -0.136. The van der Waals surface area contributed by atoms with Crippen LogP contribution in [-0.2, 0) is 11.2 Å². The lowest BCUT2D eigenvalue weighted by atomic mass is 10.1. The van der Waals surface area contributed by atoms with Crippen molar-refractivity contribution in [3.8, 4) is 0 Å². The number of alkyl halides is 3. The topological polar surface area (TPSA) is 37.3 Å². The van der Waals surface area contributed by atoms with E-state index in [4.69, 9.17) is 5.11 Å². The molecule has 1 N–H and O–H groups in total. The molecule has 0 heterocycles. The first kappa shape index (κ1) is 12.9. The minimum absolute atomic E-state index is 0.0221. The molecule has 2 nitrogen and oxygen atoms in total. The molecule has 0 amide bonds. The van der Waals surface area contributed by atoms with Crippen molar-refractivity contribution in [2.45, 2.75) is 23.2 Å². The third-order valence-corrected chi connectivity index (χ3v) is 2.52. The third-order valence-electron chi connectivity index (χ3n) is 1.78. The molecule has 0 fully saturated rings. The average Bonchev–Trinajstić information content (AvgIpc) is 2.14. The molecule has 0 aliphatic carbocycles. The lowest BCUT2D eigenvalue weighted by Gasteiger charge is -2.06. The van der Waals surface area contributed by atoms with Crippen molar-refractivity contribution in [2.24, 2.45) is 0 Å². The number of carboxylic acids is 1. The summed E-state index contributed by atoms with van der Waals surface area (Å²) in [5, 5.41) is 8.43. The molecule has 0 unspecified atom stereocenters. The maximum Gasteiger partial charge on any atom is 0.446 e. The van der Waals surface area contributed by atoms with E-state index >= 15 is 0 Å². The van der Waals surface area contributed by atoms with Gasteiger partial charge in [-0.25, -0.2) is 0 Å². The molecule has 0 aliphatic rings.